The van der Waals surface area contributed by atoms with Crippen molar-refractivity contribution in [1.82, 2.24) is 10.3 Å². The van der Waals surface area contributed by atoms with Crippen molar-refractivity contribution in [3.63, 3.8) is 0 Å². The molecule has 1 atom stereocenters. The number of rotatable bonds is 3. The normalized spacial score (nSPS) is 20.2. The summed E-state index contributed by atoms with van der Waals surface area (Å²) in [5, 5.41) is 3.52. The van der Waals surface area contributed by atoms with Crippen LogP contribution in [0.1, 0.15) is 38.8 Å². The van der Waals surface area contributed by atoms with Crippen LogP contribution in [-0.2, 0) is 6.54 Å². The van der Waals surface area contributed by atoms with Crippen LogP contribution in [0.2, 0.25) is 0 Å². The van der Waals surface area contributed by atoms with Crippen LogP contribution < -0.4 is 10.2 Å². The molecule has 3 nitrogen and oxygen atoms in total. The summed E-state index contributed by atoms with van der Waals surface area (Å²) < 4.78 is 0. The van der Waals surface area contributed by atoms with Crippen molar-refractivity contribution >= 4 is 17.6 Å². The molecule has 2 rings (SSSR count). The number of hydrogen-bond donors (Lipinski definition) is 1. The summed E-state index contributed by atoms with van der Waals surface area (Å²) in [5.74, 6) is 3.57. The third kappa shape index (κ3) is 4.13. The second kappa shape index (κ2) is 6.35. The first-order chi connectivity index (χ1) is 9.37. The van der Waals surface area contributed by atoms with Gasteiger partial charge in [-0.1, -0.05) is 0 Å². The molecule has 1 saturated heterocycles. The Labute approximate surface area is 127 Å². The zero-order valence-corrected chi connectivity index (χ0v) is 14.2. The summed E-state index contributed by atoms with van der Waals surface area (Å²) in [7, 11) is 0. The van der Waals surface area contributed by atoms with Crippen LogP contribution in [0.15, 0.2) is 12.3 Å². The van der Waals surface area contributed by atoms with Crippen molar-refractivity contribution < 1.29 is 0 Å². The van der Waals surface area contributed by atoms with Crippen LogP contribution in [0.3, 0.4) is 0 Å². The molecule has 1 fully saturated rings. The van der Waals surface area contributed by atoms with Crippen molar-refractivity contribution in [1.29, 1.82) is 0 Å². The first-order valence-electron chi connectivity index (χ1n) is 7.42. The van der Waals surface area contributed by atoms with E-state index in [1.54, 1.807) is 0 Å². The number of aryl methyl sites for hydroxylation is 1. The Morgan fingerprint density at radius 2 is 2.20 bits per heavy atom. The molecule has 1 unspecified atom stereocenters. The third-order valence-electron chi connectivity index (χ3n) is 3.57. The van der Waals surface area contributed by atoms with Crippen molar-refractivity contribution in [2.75, 3.05) is 23.0 Å². The molecule has 0 aliphatic carbocycles. The van der Waals surface area contributed by atoms with Crippen molar-refractivity contribution in [2.24, 2.45) is 0 Å². The molecule has 112 valence electrons. The van der Waals surface area contributed by atoms with E-state index in [2.05, 4.69) is 50.9 Å². The van der Waals surface area contributed by atoms with Crippen LogP contribution in [-0.4, -0.2) is 34.6 Å². The lowest BCUT2D eigenvalue weighted by molar-refractivity contribution is 0.424. The van der Waals surface area contributed by atoms with Crippen molar-refractivity contribution in [2.45, 2.75) is 52.7 Å². The highest BCUT2D eigenvalue weighted by Gasteiger charge is 2.21. The number of nitrogens with one attached hydrogen (secondary N) is 1. The lowest BCUT2D eigenvalue weighted by Crippen LogP contribution is -2.41. The fourth-order valence-electron chi connectivity index (χ4n) is 2.43. The summed E-state index contributed by atoms with van der Waals surface area (Å²) in [6.07, 6.45) is 2.02. The zero-order valence-electron chi connectivity index (χ0n) is 13.4. The SMILES string of the molecule is Cc1cc(CNC(C)(C)C)cnc1N1CCSCC1C. The standard InChI is InChI=1S/C16H27N3S/c1-12-8-14(10-18-16(3,4)5)9-17-15(12)19-6-7-20-11-13(19)2/h8-9,13,18H,6-7,10-11H2,1-5H3. The van der Waals surface area contributed by atoms with Gasteiger partial charge < -0.3 is 10.2 Å². The Bertz CT molecular complexity index is 454. The molecule has 1 aromatic heterocycles. The Balaban J connectivity index is 2.09. The largest absolute Gasteiger partial charge is 0.352 e. The second-order valence-electron chi connectivity index (χ2n) is 6.70. The zero-order chi connectivity index (χ0) is 14.8. The van der Waals surface area contributed by atoms with Gasteiger partial charge in [-0.05, 0) is 51.8 Å². The van der Waals surface area contributed by atoms with E-state index < -0.39 is 0 Å². The Morgan fingerprint density at radius 3 is 2.80 bits per heavy atom. The van der Waals surface area contributed by atoms with Crippen LogP contribution >= 0.6 is 11.8 Å². The van der Waals surface area contributed by atoms with Crippen LogP contribution in [0.4, 0.5) is 5.82 Å². The number of hydrogen-bond acceptors (Lipinski definition) is 4. The maximum atomic E-state index is 4.73. The highest BCUT2D eigenvalue weighted by molar-refractivity contribution is 7.99. The highest BCUT2D eigenvalue weighted by Crippen LogP contribution is 2.25. The Morgan fingerprint density at radius 1 is 1.45 bits per heavy atom. The van der Waals surface area contributed by atoms with E-state index in [-0.39, 0.29) is 5.54 Å². The monoisotopic (exact) mass is 293 g/mol. The molecule has 0 saturated carbocycles. The van der Waals surface area contributed by atoms with Crippen LogP contribution in [0.5, 0.6) is 0 Å². The van der Waals surface area contributed by atoms with Gasteiger partial charge in [0.25, 0.3) is 0 Å². The molecular weight excluding hydrogens is 266 g/mol. The quantitative estimate of drug-likeness (QED) is 0.926. The van der Waals surface area contributed by atoms with E-state index in [0.717, 1.165) is 18.9 Å². The van der Waals surface area contributed by atoms with E-state index in [0.29, 0.717) is 6.04 Å². The molecule has 20 heavy (non-hydrogen) atoms. The number of aromatic nitrogens is 1. The molecule has 1 N–H and O–H groups in total. The predicted octanol–water partition coefficient (Wildman–Crippen LogP) is 3.22. The molecule has 0 radical (unpaired) electrons. The summed E-state index contributed by atoms with van der Waals surface area (Å²) in [4.78, 5) is 7.18. The fraction of sp³-hybridized carbons (Fsp3) is 0.688. The smallest absolute Gasteiger partial charge is 0.131 e. The average molecular weight is 293 g/mol. The van der Waals surface area contributed by atoms with Crippen molar-refractivity contribution in [3.05, 3.63) is 23.4 Å². The first-order valence-corrected chi connectivity index (χ1v) is 8.57. The minimum Gasteiger partial charge on any atom is -0.352 e. The fourth-order valence-corrected chi connectivity index (χ4v) is 3.45. The molecular formula is C16H27N3S. The van der Waals surface area contributed by atoms with Gasteiger partial charge in [0, 0.05) is 42.4 Å². The van der Waals surface area contributed by atoms with Gasteiger partial charge in [-0.2, -0.15) is 11.8 Å². The molecule has 0 bridgehead atoms. The summed E-state index contributed by atoms with van der Waals surface area (Å²) >= 11 is 2.04. The van der Waals surface area contributed by atoms with Gasteiger partial charge in [0.15, 0.2) is 0 Å². The van der Waals surface area contributed by atoms with Crippen LogP contribution in [0, 0.1) is 6.92 Å². The summed E-state index contributed by atoms with van der Waals surface area (Å²) in [6.45, 7) is 13.0. The van der Waals surface area contributed by atoms with Gasteiger partial charge in [0.05, 0.1) is 0 Å². The van der Waals surface area contributed by atoms with Crippen LogP contribution in [0.25, 0.3) is 0 Å². The number of anilines is 1. The van der Waals surface area contributed by atoms with Gasteiger partial charge in [-0.15, -0.1) is 0 Å². The molecule has 0 aromatic carbocycles. The van der Waals surface area contributed by atoms with Gasteiger partial charge in [-0.25, -0.2) is 4.98 Å². The molecule has 1 aliphatic rings. The first kappa shape index (κ1) is 15.6. The number of nitrogens with zero attached hydrogens (tertiary/aromatic N) is 2. The highest BCUT2D eigenvalue weighted by atomic mass is 32.2. The lowest BCUT2D eigenvalue weighted by Gasteiger charge is -2.35. The summed E-state index contributed by atoms with van der Waals surface area (Å²) in [6, 6.07) is 2.86. The maximum Gasteiger partial charge on any atom is 0.131 e. The van der Waals surface area contributed by atoms with E-state index in [4.69, 9.17) is 4.98 Å². The third-order valence-corrected chi connectivity index (χ3v) is 4.76. The number of pyridine rings is 1. The van der Waals surface area contributed by atoms with Gasteiger partial charge in [0.1, 0.15) is 5.82 Å². The Hall–Kier alpha value is -0.740. The van der Waals surface area contributed by atoms with E-state index in [1.807, 2.05) is 18.0 Å². The van der Waals surface area contributed by atoms with E-state index in [1.165, 1.54) is 22.6 Å². The molecule has 0 spiro atoms. The van der Waals surface area contributed by atoms with Gasteiger partial charge >= 0.3 is 0 Å². The number of thioether (sulfide) groups is 1. The van der Waals surface area contributed by atoms with E-state index in [9.17, 15) is 0 Å². The summed E-state index contributed by atoms with van der Waals surface area (Å²) in [5.41, 5.74) is 2.70. The maximum absolute atomic E-state index is 4.73. The van der Waals surface area contributed by atoms with Crippen molar-refractivity contribution in [3.8, 4) is 0 Å². The minimum atomic E-state index is 0.144. The topological polar surface area (TPSA) is 28.2 Å². The predicted molar refractivity (Wildman–Crippen MR) is 89.7 cm³/mol. The molecule has 4 heteroatoms. The van der Waals surface area contributed by atoms with E-state index >= 15 is 0 Å². The molecule has 0 amide bonds. The molecule has 1 aliphatic heterocycles. The lowest BCUT2D eigenvalue weighted by atomic mass is 10.1. The molecule has 2 heterocycles. The molecule has 1 aromatic rings. The minimum absolute atomic E-state index is 0.144. The average Bonchev–Trinajstić information content (AvgIpc) is 2.37. The van der Waals surface area contributed by atoms with Gasteiger partial charge in [-0.3, -0.25) is 0 Å². The Kier molecular flexibility index (Phi) is 4.97. The second-order valence-corrected chi connectivity index (χ2v) is 7.85. The van der Waals surface area contributed by atoms with Gasteiger partial charge in [0.2, 0.25) is 0 Å².